The van der Waals surface area contributed by atoms with E-state index in [0.29, 0.717) is 17.6 Å². The van der Waals surface area contributed by atoms with E-state index < -0.39 is 11.4 Å². The second kappa shape index (κ2) is 3.41. The highest BCUT2D eigenvalue weighted by atomic mass is 16.4. The number of carbonyl (C=O) groups excluding carboxylic acids is 1. The first kappa shape index (κ1) is 9.20. The first-order valence-electron chi connectivity index (χ1n) is 4.08. The minimum Gasteiger partial charge on any atom is -0.372 e. The predicted octanol–water partition coefficient (Wildman–Crippen LogP) is 0.0496. The zero-order valence-electron chi connectivity index (χ0n) is 7.44. The number of H-pyrrole nitrogens is 1. The number of aromatic nitrogens is 1. The summed E-state index contributed by atoms with van der Waals surface area (Å²) < 4.78 is 4.34. The molecule has 0 spiro atoms. The topological polar surface area (TPSA) is 92.2 Å². The van der Waals surface area contributed by atoms with E-state index in [9.17, 15) is 14.4 Å². The van der Waals surface area contributed by atoms with Gasteiger partial charge in [-0.25, -0.2) is 9.59 Å². The molecule has 1 heterocycles. The summed E-state index contributed by atoms with van der Waals surface area (Å²) in [6, 6.07) is 4.50. The average molecular weight is 206 g/mol. The second-order valence-corrected chi connectivity index (χ2v) is 2.82. The molecule has 0 aliphatic rings. The molecule has 0 unspecified atom stereocenters. The molecule has 76 valence electrons. The van der Waals surface area contributed by atoms with Crippen molar-refractivity contribution in [2.45, 2.75) is 0 Å². The lowest BCUT2D eigenvalue weighted by molar-refractivity contribution is -0.105. The Morgan fingerprint density at radius 2 is 2.13 bits per heavy atom. The van der Waals surface area contributed by atoms with Crippen molar-refractivity contribution in [3.63, 3.8) is 0 Å². The number of amides is 1. The van der Waals surface area contributed by atoms with E-state index >= 15 is 0 Å². The second-order valence-electron chi connectivity index (χ2n) is 2.82. The number of aromatic amines is 1. The highest BCUT2D eigenvalue weighted by Crippen LogP contribution is 2.12. The lowest BCUT2D eigenvalue weighted by Gasteiger charge is -1.99. The van der Waals surface area contributed by atoms with Crippen molar-refractivity contribution in [1.29, 1.82) is 0 Å². The largest absolute Gasteiger partial charge is 0.419 e. The van der Waals surface area contributed by atoms with Gasteiger partial charge in [-0.3, -0.25) is 9.78 Å². The van der Waals surface area contributed by atoms with E-state index in [2.05, 4.69) is 14.7 Å². The Labute approximate surface area is 82.5 Å². The van der Waals surface area contributed by atoms with Crippen LogP contribution in [0.3, 0.4) is 0 Å². The van der Waals surface area contributed by atoms with Crippen LogP contribution in [0.15, 0.2) is 32.2 Å². The van der Waals surface area contributed by atoms with E-state index in [1.54, 1.807) is 6.07 Å². The van der Waals surface area contributed by atoms with Gasteiger partial charge in [-0.15, -0.1) is 0 Å². The zero-order chi connectivity index (χ0) is 10.8. The van der Waals surface area contributed by atoms with Crippen molar-refractivity contribution in [2.75, 3.05) is 5.32 Å². The highest BCUT2D eigenvalue weighted by molar-refractivity contribution is 5.84. The van der Waals surface area contributed by atoms with Crippen LogP contribution in [0.25, 0.3) is 10.9 Å². The summed E-state index contributed by atoms with van der Waals surface area (Å²) >= 11 is 0. The third kappa shape index (κ3) is 1.64. The van der Waals surface area contributed by atoms with Gasteiger partial charge < -0.3 is 9.73 Å². The van der Waals surface area contributed by atoms with Crippen LogP contribution < -0.4 is 16.7 Å². The fourth-order valence-corrected chi connectivity index (χ4v) is 1.25. The molecule has 0 saturated carbocycles. The quantitative estimate of drug-likeness (QED) is 0.679. The molecular formula is C9H6N2O4. The molecule has 6 nitrogen and oxygen atoms in total. The number of nitrogens with one attached hydrogen (secondary N) is 2. The molecule has 1 amide bonds. The van der Waals surface area contributed by atoms with Crippen LogP contribution in [-0.2, 0) is 4.79 Å². The van der Waals surface area contributed by atoms with Crippen LogP contribution in [0.2, 0.25) is 0 Å². The Balaban J connectivity index is 2.76. The zero-order valence-corrected chi connectivity index (χ0v) is 7.44. The molecule has 2 rings (SSSR count). The number of carbonyl (C=O) groups is 1. The van der Waals surface area contributed by atoms with Gasteiger partial charge in [0.15, 0.2) is 0 Å². The number of fused-ring (bicyclic) bond motifs is 1. The van der Waals surface area contributed by atoms with E-state index in [4.69, 9.17) is 0 Å². The number of benzene rings is 1. The molecule has 0 bridgehead atoms. The van der Waals surface area contributed by atoms with Gasteiger partial charge in [0.25, 0.3) is 0 Å². The van der Waals surface area contributed by atoms with E-state index in [0.717, 1.165) is 0 Å². The maximum absolute atomic E-state index is 11.3. The summed E-state index contributed by atoms with van der Waals surface area (Å²) in [6.45, 7) is 0. The van der Waals surface area contributed by atoms with Crippen molar-refractivity contribution < 1.29 is 9.21 Å². The minimum atomic E-state index is -0.802. The van der Waals surface area contributed by atoms with Crippen LogP contribution in [0.1, 0.15) is 0 Å². The first-order chi connectivity index (χ1) is 7.20. The standard InChI is InChI=1S/C9H6N2O4/c12-4-10-5-1-2-7-6(3-5)8(13)15-9(14)11-7/h1-4H,(H,10,12)(H,11,14). The summed E-state index contributed by atoms with van der Waals surface area (Å²) in [5, 5.41) is 2.60. The van der Waals surface area contributed by atoms with Crippen molar-refractivity contribution in [3.8, 4) is 0 Å². The van der Waals surface area contributed by atoms with Gasteiger partial charge in [-0.1, -0.05) is 0 Å². The number of anilines is 1. The summed E-state index contributed by atoms with van der Waals surface area (Å²) in [5.74, 6) is -0.802. The van der Waals surface area contributed by atoms with Gasteiger partial charge in [0.05, 0.1) is 10.9 Å². The van der Waals surface area contributed by atoms with Gasteiger partial charge in [-0.05, 0) is 18.2 Å². The van der Waals surface area contributed by atoms with Gasteiger partial charge in [-0.2, -0.15) is 0 Å². The van der Waals surface area contributed by atoms with Gasteiger partial charge in [0, 0.05) is 5.69 Å². The Morgan fingerprint density at radius 1 is 1.33 bits per heavy atom. The molecule has 1 aromatic carbocycles. The monoisotopic (exact) mass is 206 g/mol. The normalized spacial score (nSPS) is 10.1. The van der Waals surface area contributed by atoms with E-state index in [-0.39, 0.29) is 5.39 Å². The SMILES string of the molecule is O=CNc1ccc2[nH]c(=O)oc(=O)c2c1. The van der Waals surface area contributed by atoms with Crippen LogP contribution in [0.5, 0.6) is 0 Å². The van der Waals surface area contributed by atoms with Crippen LogP contribution in [-0.4, -0.2) is 11.4 Å². The Kier molecular flexibility index (Phi) is 2.09. The lowest BCUT2D eigenvalue weighted by atomic mass is 10.2. The van der Waals surface area contributed by atoms with Crippen LogP contribution >= 0.6 is 0 Å². The molecule has 1 aromatic heterocycles. The third-order valence-corrected chi connectivity index (χ3v) is 1.89. The number of hydrogen-bond acceptors (Lipinski definition) is 4. The van der Waals surface area contributed by atoms with E-state index in [1.165, 1.54) is 12.1 Å². The summed E-state index contributed by atoms with van der Waals surface area (Å²) in [4.78, 5) is 34.6. The molecule has 0 aliphatic carbocycles. The van der Waals surface area contributed by atoms with Crippen molar-refractivity contribution >= 4 is 23.0 Å². The number of rotatable bonds is 2. The highest BCUT2D eigenvalue weighted by Gasteiger charge is 2.03. The minimum absolute atomic E-state index is 0.210. The first-order valence-corrected chi connectivity index (χ1v) is 4.08. The van der Waals surface area contributed by atoms with Crippen LogP contribution in [0, 0.1) is 0 Å². The van der Waals surface area contributed by atoms with Gasteiger partial charge >= 0.3 is 11.4 Å². The summed E-state index contributed by atoms with van der Waals surface area (Å²) in [6.07, 6.45) is 0.495. The van der Waals surface area contributed by atoms with E-state index in [1.807, 2.05) is 0 Å². The van der Waals surface area contributed by atoms with Crippen LogP contribution in [0.4, 0.5) is 5.69 Å². The van der Waals surface area contributed by atoms with Gasteiger partial charge in [0.1, 0.15) is 0 Å². The number of hydrogen-bond donors (Lipinski definition) is 2. The average Bonchev–Trinajstić information content (AvgIpc) is 2.19. The Bertz CT molecular complexity index is 626. The predicted molar refractivity (Wildman–Crippen MR) is 52.8 cm³/mol. The lowest BCUT2D eigenvalue weighted by Crippen LogP contribution is -2.14. The molecule has 0 saturated heterocycles. The molecule has 0 aliphatic heterocycles. The fraction of sp³-hybridized carbons (Fsp3) is 0. The molecule has 0 radical (unpaired) electrons. The molecule has 6 heteroatoms. The Morgan fingerprint density at radius 3 is 2.87 bits per heavy atom. The molecule has 2 aromatic rings. The summed E-state index contributed by atoms with van der Waals surface area (Å²) in [5.41, 5.74) is 0.0906. The fourth-order valence-electron chi connectivity index (χ4n) is 1.25. The molecule has 0 atom stereocenters. The third-order valence-electron chi connectivity index (χ3n) is 1.89. The van der Waals surface area contributed by atoms with Crippen molar-refractivity contribution in [1.82, 2.24) is 4.98 Å². The molecular weight excluding hydrogens is 200 g/mol. The van der Waals surface area contributed by atoms with Crippen molar-refractivity contribution in [2.24, 2.45) is 0 Å². The van der Waals surface area contributed by atoms with Gasteiger partial charge in [0.2, 0.25) is 6.41 Å². The molecule has 15 heavy (non-hydrogen) atoms. The molecule has 0 fully saturated rings. The smallest absolute Gasteiger partial charge is 0.372 e. The Hall–Kier alpha value is -2.37. The maximum atomic E-state index is 11.3. The molecule has 2 N–H and O–H groups in total. The maximum Gasteiger partial charge on any atom is 0.419 e. The van der Waals surface area contributed by atoms with Crippen molar-refractivity contribution in [3.05, 3.63) is 39.2 Å². The summed E-state index contributed by atoms with van der Waals surface area (Å²) in [7, 11) is 0.